The molecule has 1 saturated carbocycles. The number of rotatable bonds is 6. The van der Waals surface area contributed by atoms with Crippen molar-refractivity contribution in [1.29, 1.82) is 0 Å². The molecule has 2 aromatic rings. The second kappa shape index (κ2) is 6.91. The van der Waals surface area contributed by atoms with Gasteiger partial charge in [0.1, 0.15) is 4.88 Å². The van der Waals surface area contributed by atoms with E-state index in [1.807, 2.05) is 30.3 Å². The minimum atomic E-state index is -0.411. The number of nitrogens with one attached hydrogen (secondary N) is 1. The number of benzene rings is 1. The molecule has 1 aliphatic rings. The lowest BCUT2D eigenvalue weighted by molar-refractivity contribution is -0.116. The predicted octanol–water partition coefficient (Wildman–Crippen LogP) is 3.73. The Morgan fingerprint density at radius 3 is 2.70 bits per heavy atom. The van der Waals surface area contributed by atoms with Crippen LogP contribution in [0.25, 0.3) is 11.3 Å². The molecule has 1 amide bonds. The van der Waals surface area contributed by atoms with Crippen molar-refractivity contribution in [3.8, 4) is 11.3 Å². The monoisotopic (exact) mass is 330 g/mol. The van der Waals surface area contributed by atoms with E-state index >= 15 is 0 Å². The molecule has 1 aliphatic carbocycles. The highest BCUT2D eigenvalue weighted by Crippen LogP contribution is 2.34. The van der Waals surface area contributed by atoms with Crippen molar-refractivity contribution in [2.24, 2.45) is 5.92 Å². The largest absolute Gasteiger partial charge is 0.462 e. The topological polar surface area (TPSA) is 68.3 Å². The molecule has 6 heteroatoms. The number of anilines is 1. The fourth-order valence-electron chi connectivity index (χ4n) is 2.25. The normalized spacial score (nSPS) is 13.6. The summed E-state index contributed by atoms with van der Waals surface area (Å²) in [5.41, 5.74) is 1.38. The van der Waals surface area contributed by atoms with Gasteiger partial charge in [0.15, 0.2) is 5.13 Å². The van der Waals surface area contributed by atoms with Crippen LogP contribution in [0.3, 0.4) is 0 Å². The molecule has 23 heavy (non-hydrogen) atoms. The molecule has 0 bridgehead atoms. The smallest absolute Gasteiger partial charge is 0.350 e. The van der Waals surface area contributed by atoms with Gasteiger partial charge in [0.05, 0.1) is 12.3 Å². The Hall–Kier alpha value is -2.21. The van der Waals surface area contributed by atoms with E-state index in [0.717, 1.165) is 29.7 Å². The fraction of sp³-hybridized carbons (Fsp3) is 0.353. The van der Waals surface area contributed by atoms with E-state index in [1.165, 1.54) is 0 Å². The Morgan fingerprint density at radius 2 is 2.04 bits per heavy atom. The number of carbonyl (C=O) groups excluding carboxylic acids is 2. The molecule has 1 heterocycles. The first kappa shape index (κ1) is 15.7. The number of thiazole rings is 1. The van der Waals surface area contributed by atoms with Crippen LogP contribution in [-0.4, -0.2) is 23.5 Å². The molecule has 3 rings (SSSR count). The summed E-state index contributed by atoms with van der Waals surface area (Å²) in [6, 6.07) is 9.43. The first-order chi connectivity index (χ1) is 11.2. The summed E-state index contributed by atoms with van der Waals surface area (Å²) < 4.78 is 5.10. The van der Waals surface area contributed by atoms with Crippen LogP contribution < -0.4 is 5.32 Å². The SMILES string of the molecule is CCOC(=O)c1sc(NC(=O)CC2CC2)nc1-c1ccccc1. The van der Waals surface area contributed by atoms with Crippen molar-refractivity contribution in [3.05, 3.63) is 35.2 Å². The lowest BCUT2D eigenvalue weighted by Crippen LogP contribution is -2.11. The van der Waals surface area contributed by atoms with Gasteiger partial charge >= 0.3 is 5.97 Å². The Kier molecular flexibility index (Phi) is 4.71. The molecule has 1 aromatic carbocycles. The van der Waals surface area contributed by atoms with Gasteiger partial charge in [-0.15, -0.1) is 0 Å². The first-order valence-electron chi connectivity index (χ1n) is 7.70. The number of aromatic nitrogens is 1. The van der Waals surface area contributed by atoms with Crippen LogP contribution in [0.4, 0.5) is 5.13 Å². The van der Waals surface area contributed by atoms with Crippen molar-refractivity contribution in [2.45, 2.75) is 26.2 Å². The van der Waals surface area contributed by atoms with Gasteiger partial charge < -0.3 is 10.1 Å². The lowest BCUT2D eigenvalue weighted by Gasteiger charge is -2.01. The van der Waals surface area contributed by atoms with Crippen LogP contribution >= 0.6 is 11.3 Å². The van der Waals surface area contributed by atoms with Crippen molar-refractivity contribution in [3.63, 3.8) is 0 Å². The van der Waals surface area contributed by atoms with E-state index in [0.29, 0.717) is 34.6 Å². The minimum Gasteiger partial charge on any atom is -0.462 e. The Bertz CT molecular complexity index is 708. The maximum absolute atomic E-state index is 12.2. The van der Waals surface area contributed by atoms with Crippen LogP contribution in [0.5, 0.6) is 0 Å². The van der Waals surface area contributed by atoms with Gasteiger partial charge in [0.25, 0.3) is 0 Å². The van der Waals surface area contributed by atoms with Gasteiger partial charge in [-0.25, -0.2) is 9.78 Å². The zero-order chi connectivity index (χ0) is 16.2. The molecule has 0 saturated heterocycles. The molecule has 0 spiro atoms. The van der Waals surface area contributed by atoms with Crippen molar-refractivity contribution in [1.82, 2.24) is 4.98 Å². The lowest BCUT2D eigenvalue weighted by atomic mass is 10.1. The standard InChI is InChI=1S/C17H18N2O3S/c1-2-22-16(21)15-14(12-6-4-3-5-7-12)19-17(23-15)18-13(20)10-11-8-9-11/h3-7,11H,2,8-10H2,1H3,(H,18,19,20). The Morgan fingerprint density at radius 1 is 1.30 bits per heavy atom. The fourth-order valence-corrected chi connectivity index (χ4v) is 3.15. The maximum Gasteiger partial charge on any atom is 0.350 e. The third-order valence-electron chi connectivity index (χ3n) is 3.55. The molecule has 0 radical (unpaired) electrons. The van der Waals surface area contributed by atoms with Gasteiger partial charge in [0.2, 0.25) is 5.91 Å². The van der Waals surface area contributed by atoms with Gasteiger partial charge in [-0.3, -0.25) is 4.79 Å². The molecule has 1 fully saturated rings. The highest BCUT2D eigenvalue weighted by Gasteiger charge is 2.26. The molecule has 1 N–H and O–H groups in total. The number of ether oxygens (including phenoxy) is 1. The number of carbonyl (C=O) groups is 2. The van der Waals surface area contributed by atoms with Gasteiger partial charge in [-0.05, 0) is 25.7 Å². The number of hydrogen-bond acceptors (Lipinski definition) is 5. The Balaban J connectivity index is 1.86. The van der Waals surface area contributed by atoms with Crippen LogP contribution in [0.2, 0.25) is 0 Å². The number of amides is 1. The summed E-state index contributed by atoms with van der Waals surface area (Å²) in [5, 5.41) is 3.24. The predicted molar refractivity (Wildman–Crippen MR) is 89.5 cm³/mol. The second-order valence-electron chi connectivity index (χ2n) is 5.48. The average Bonchev–Trinajstić information content (AvgIpc) is 3.25. The van der Waals surface area contributed by atoms with E-state index in [-0.39, 0.29) is 5.91 Å². The van der Waals surface area contributed by atoms with Crippen LogP contribution in [0.15, 0.2) is 30.3 Å². The third-order valence-corrected chi connectivity index (χ3v) is 4.50. The molecule has 5 nitrogen and oxygen atoms in total. The molecule has 1 aromatic heterocycles. The van der Waals surface area contributed by atoms with Crippen molar-refractivity contribution in [2.75, 3.05) is 11.9 Å². The third kappa shape index (κ3) is 3.96. The summed E-state index contributed by atoms with van der Waals surface area (Å²) in [4.78, 5) is 29.0. The van der Waals surface area contributed by atoms with Crippen molar-refractivity contribution >= 4 is 28.3 Å². The quantitative estimate of drug-likeness (QED) is 0.820. The van der Waals surface area contributed by atoms with Crippen molar-refractivity contribution < 1.29 is 14.3 Å². The molecular weight excluding hydrogens is 312 g/mol. The zero-order valence-corrected chi connectivity index (χ0v) is 13.7. The summed E-state index contributed by atoms with van der Waals surface area (Å²) in [5.74, 6) is 0.0518. The van der Waals surface area contributed by atoms with Gasteiger partial charge in [-0.2, -0.15) is 0 Å². The van der Waals surface area contributed by atoms with Crippen LogP contribution in [0, 0.1) is 5.92 Å². The van der Waals surface area contributed by atoms with E-state index < -0.39 is 5.97 Å². The number of esters is 1. The van der Waals surface area contributed by atoms with E-state index in [2.05, 4.69) is 10.3 Å². The van der Waals surface area contributed by atoms with Gasteiger partial charge in [-0.1, -0.05) is 41.7 Å². The van der Waals surface area contributed by atoms with E-state index in [4.69, 9.17) is 4.74 Å². The first-order valence-corrected chi connectivity index (χ1v) is 8.52. The average molecular weight is 330 g/mol. The molecule has 0 atom stereocenters. The summed E-state index contributed by atoms with van der Waals surface area (Å²) in [6.07, 6.45) is 2.76. The van der Waals surface area contributed by atoms with Gasteiger partial charge in [0, 0.05) is 12.0 Å². The summed E-state index contributed by atoms with van der Waals surface area (Å²) in [7, 11) is 0. The van der Waals surface area contributed by atoms with E-state index in [9.17, 15) is 9.59 Å². The molecule has 0 aliphatic heterocycles. The van der Waals surface area contributed by atoms with Crippen LogP contribution in [-0.2, 0) is 9.53 Å². The maximum atomic E-state index is 12.2. The van der Waals surface area contributed by atoms with Crippen LogP contribution in [0.1, 0.15) is 35.9 Å². The summed E-state index contributed by atoms with van der Waals surface area (Å²) >= 11 is 1.16. The summed E-state index contributed by atoms with van der Waals surface area (Å²) in [6.45, 7) is 2.06. The molecule has 0 unspecified atom stereocenters. The highest BCUT2D eigenvalue weighted by molar-refractivity contribution is 7.18. The zero-order valence-electron chi connectivity index (χ0n) is 12.9. The number of nitrogens with zero attached hydrogens (tertiary/aromatic N) is 1. The molecule has 120 valence electrons. The highest BCUT2D eigenvalue weighted by atomic mass is 32.1. The minimum absolute atomic E-state index is 0.0451. The second-order valence-corrected chi connectivity index (χ2v) is 6.48. The molecular formula is C17H18N2O3S. The number of hydrogen-bond donors (Lipinski definition) is 1. The van der Waals surface area contributed by atoms with E-state index in [1.54, 1.807) is 6.92 Å². The Labute approximate surface area is 138 Å².